The molecule has 31 heavy (non-hydrogen) atoms. The van der Waals surface area contributed by atoms with Crippen molar-refractivity contribution in [3.05, 3.63) is 61.6 Å². The number of furan rings is 1. The molecule has 0 aliphatic carbocycles. The molecule has 12 heteroatoms. The van der Waals surface area contributed by atoms with Crippen LogP contribution in [0.1, 0.15) is 39.3 Å². The number of methoxy groups -OCH3 is 1. The van der Waals surface area contributed by atoms with Crippen LogP contribution >= 0.6 is 0 Å². The maximum absolute atomic E-state index is 12.3. The first-order valence-corrected chi connectivity index (χ1v) is 9.38. The third kappa shape index (κ3) is 4.47. The fraction of sp³-hybridized carbons (Fsp3) is 0.368. The lowest BCUT2D eigenvalue weighted by Gasteiger charge is -2.34. The monoisotopic (exact) mass is 432 g/mol. The summed E-state index contributed by atoms with van der Waals surface area (Å²) in [5.41, 5.74) is -0.708. The van der Waals surface area contributed by atoms with Crippen LogP contribution in [0, 0.1) is 27.2 Å². The van der Waals surface area contributed by atoms with Gasteiger partial charge in [0.05, 0.1) is 34.8 Å². The zero-order valence-electron chi connectivity index (χ0n) is 16.8. The van der Waals surface area contributed by atoms with Gasteiger partial charge in [-0.05, 0) is 25.8 Å². The van der Waals surface area contributed by atoms with E-state index in [1.165, 1.54) is 6.26 Å². The lowest BCUT2D eigenvalue weighted by Crippen LogP contribution is -2.45. The van der Waals surface area contributed by atoms with E-state index in [-0.39, 0.29) is 42.0 Å². The second-order valence-corrected chi connectivity index (χ2v) is 7.03. The fourth-order valence-electron chi connectivity index (χ4n) is 3.55. The number of nitrogens with one attached hydrogen (secondary N) is 1. The van der Waals surface area contributed by atoms with Gasteiger partial charge in [-0.15, -0.1) is 0 Å². The molecule has 0 spiro atoms. The zero-order chi connectivity index (χ0) is 22.7. The second kappa shape index (κ2) is 8.81. The molecule has 0 radical (unpaired) electrons. The molecule has 1 aliphatic rings. The number of nitro groups is 2. The van der Waals surface area contributed by atoms with Gasteiger partial charge in [-0.1, -0.05) is 0 Å². The SMILES string of the molecule is COC(=O)c1cc([N+](=O)[O-])cc([N+](=O)[O-])c1N1CCC(NC(=O)c2occc2C)CC1. The van der Waals surface area contributed by atoms with E-state index in [0.29, 0.717) is 18.4 Å². The number of rotatable bonds is 6. The highest BCUT2D eigenvalue weighted by Gasteiger charge is 2.33. The predicted molar refractivity (Wildman–Crippen MR) is 107 cm³/mol. The predicted octanol–water partition coefficient (Wildman–Crippen LogP) is 2.59. The Hall–Kier alpha value is -3.96. The number of amides is 1. The zero-order valence-corrected chi connectivity index (χ0v) is 16.8. The van der Waals surface area contributed by atoms with Gasteiger partial charge in [-0.2, -0.15) is 0 Å². The van der Waals surface area contributed by atoms with E-state index in [0.717, 1.165) is 19.2 Å². The Morgan fingerprint density at radius 1 is 1.19 bits per heavy atom. The second-order valence-electron chi connectivity index (χ2n) is 7.03. The van der Waals surface area contributed by atoms with Crippen molar-refractivity contribution < 1.29 is 28.6 Å². The molecule has 1 N–H and O–H groups in total. The molecule has 0 atom stereocenters. The van der Waals surface area contributed by atoms with Crippen molar-refractivity contribution in [1.82, 2.24) is 5.32 Å². The number of anilines is 1. The lowest BCUT2D eigenvalue weighted by atomic mass is 10.0. The smallest absolute Gasteiger partial charge is 0.340 e. The average Bonchev–Trinajstić information content (AvgIpc) is 3.18. The molecule has 0 bridgehead atoms. The highest BCUT2D eigenvalue weighted by atomic mass is 16.6. The van der Waals surface area contributed by atoms with Crippen LogP contribution in [0.3, 0.4) is 0 Å². The molecular formula is C19H20N4O8. The number of non-ortho nitro benzene ring substituents is 1. The Morgan fingerprint density at radius 3 is 2.39 bits per heavy atom. The Labute approximate surface area is 176 Å². The third-order valence-electron chi connectivity index (χ3n) is 5.10. The normalized spacial score (nSPS) is 14.2. The summed E-state index contributed by atoms with van der Waals surface area (Å²) >= 11 is 0. The van der Waals surface area contributed by atoms with Crippen molar-refractivity contribution in [2.75, 3.05) is 25.1 Å². The number of aryl methyl sites for hydroxylation is 1. The molecule has 2 aromatic rings. The van der Waals surface area contributed by atoms with Gasteiger partial charge in [0.1, 0.15) is 5.69 Å². The summed E-state index contributed by atoms with van der Waals surface area (Å²) in [5, 5.41) is 25.6. The van der Waals surface area contributed by atoms with Gasteiger partial charge in [0.2, 0.25) is 0 Å². The number of piperidine rings is 1. The van der Waals surface area contributed by atoms with E-state index in [1.54, 1.807) is 17.9 Å². The van der Waals surface area contributed by atoms with Crippen molar-refractivity contribution in [2.24, 2.45) is 0 Å². The number of benzene rings is 1. The molecule has 0 saturated carbocycles. The maximum atomic E-state index is 12.3. The van der Waals surface area contributed by atoms with Crippen molar-refractivity contribution in [3.63, 3.8) is 0 Å². The summed E-state index contributed by atoms with van der Waals surface area (Å²) in [6.45, 7) is 2.32. The molecule has 3 rings (SSSR count). The quantitative estimate of drug-likeness (QED) is 0.411. The lowest BCUT2D eigenvalue weighted by molar-refractivity contribution is -0.393. The van der Waals surface area contributed by atoms with Gasteiger partial charge in [0, 0.05) is 30.8 Å². The first-order valence-electron chi connectivity index (χ1n) is 9.38. The van der Waals surface area contributed by atoms with Crippen molar-refractivity contribution in [3.8, 4) is 0 Å². The Morgan fingerprint density at radius 2 is 1.87 bits per heavy atom. The molecular weight excluding hydrogens is 412 g/mol. The fourth-order valence-corrected chi connectivity index (χ4v) is 3.55. The number of esters is 1. The average molecular weight is 432 g/mol. The van der Waals surface area contributed by atoms with Crippen LogP contribution in [0.5, 0.6) is 0 Å². The van der Waals surface area contributed by atoms with Gasteiger partial charge < -0.3 is 19.4 Å². The minimum atomic E-state index is -0.912. The van der Waals surface area contributed by atoms with E-state index in [9.17, 15) is 29.8 Å². The molecule has 2 heterocycles. The van der Waals surface area contributed by atoms with Gasteiger partial charge in [0.25, 0.3) is 17.3 Å². The maximum Gasteiger partial charge on any atom is 0.340 e. The van der Waals surface area contributed by atoms with E-state index in [1.807, 2.05) is 0 Å². The van der Waals surface area contributed by atoms with Gasteiger partial charge in [-0.3, -0.25) is 25.0 Å². The van der Waals surface area contributed by atoms with Crippen molar-refractivity contribution in [2.45, 2.75) is 25.8 Å². The van der Waals surface area contributed by atoms with Crippen LogP contribution in [0.15, 0.2) is 28.9 Å². The van der Waals surface area contributed by atoms with Gasteiger partial charge in [0.15, 0.2) is 5.76 Å². The van der Waals surface area contributed by atoms with Crippen LogP contribution in [0.25, 0.3) is 0 Å². The molecule has 0 unspecified atom stereocenters. The summed E-state index contributed by atoms with van der Waals surface area (Å²) < 4.78 is 9.87. The minimum absolute atomic E-state index is 0.0332. The number of hydrogen-bond acceptors (Lipinski definition) is 9. The molecule has 1 aliphatic heterocycles. The molecule has 164 valence electrons. The van der Waals surface area contributed by atoms with Crippen LogP contribution in [0.2, 0.25) is 0 Å². The van der Waals surface area contributed by atoms with Crippen LogP contribution < -0.4 is 10.2 Å². The summed E-state index contributed by atoms with van der Waals surface area (Å²) in [6.07, 6.45) is 2.31. The van der Waals surface area contributed by atoms with Crippen molar-refractivity contribution in [1.29, 1.82) is 0 Å². The highest BCUT2D eigenvalue weighted by Crippen LogP contribution is 2.38. The highest BCUT2D eigenvalue weighted by molar-refractivity contribution is 5.99. The number of carbonyl (C=O) groups excluding carboxylic acids is 2. The molecule has 1 aromatic carbocycles. The van der Waals surface area contributed by atoms with E-state index in [2.05, 4.69) is 10.1 Å². The Balaban J connectivity index is 1.84. The minimum Gasteiger partial charge on any atom is -0.465 e. The van der Waals surface area contributed by atoms with Gasteiger partial charge >= 0.3 is 5.97 Å². The molecule has 1 fully saturated rings. The first kappa shape index (κ1) is 21.7. The Kier molecular flexibility index (Phi) is 6.18. The molecule has 12 nitrogen and oxygen atoms in total. The van der Waals surface area contributed by atoms with E-state index >= 15 is 0 Å². The summed E-state index contributed by atoms with van der Waals surface area (Å²) in [5.74, 6) is -1.04. The number of nitrogens with zero attached hydrogens (tertiary/aromatic N) is 3. The summed E-state index contributed by atoms with van der Waals surface area (Å²) in [7, 11) is 1.09. The number of nitro benzene ring substituents is 2. The Bertz CT molecular complexity index is 1040. The van der Waals surface area contributed by atoms with Crippen molar-refractivity contribution >= 4 is 28.9 Å². The number of ether oxygens (including phenoxy) is 1. The summed E-state index contributed by atoms with van der Waals surface area (Å²) in [6, 6.07) is 3.28. The standard InChI is InChI=1S/C19H20N4O8/c1-11-5-8-31-17(11)18(24)20-12-3-6-21(7-4-12)16-14(19(25)30-2)9-13(22(26)27)10-15(16)23(28)29/h5,8-10,12H,3-4,6-7H2,1-2H3,(H,20,24). The third-order valence-corrected chi connectivity index (χ3v) is 5.10. The molecule has 1 aromatic heterocycles. The molecule has 1 saturated heterocycles. The topological polar surface area (TPSA) is 158 Å². The van der Waals surface area contributed by atoms with Gasteiger partial charge in [-0.25, -0.2) is 4.79 Å². The molecule has 1 amide bonds. The largest absolute Gasteiger partial charge is 0.465 e. The van der Waals surface area contributed by atoms with Crippen LogP contribution in [0.4, 0.5) is 17.1 Å². The van der Waals surface area contributed by atoms with E-state index < -0.39 is 27.2 Å². The summed E-state index contributed by atoms with van der Waals surface area (Å²) in [4.78, 5) is 47.4. The van der Waals surface area contributed by atoms with Crippen LogP contribution in [-0.4, -0.2) is 48.0 Å². The number of carbonyl (C=O) groups is 2. The number of hydrogen-bond donors (Lipinski definition) is 1. The van der Waals surface area contributed by atoms with Crippen LogP contribution in [-0.2, 0) is 4.74 Å². The first-order chi connectivity index (χ1) is 14.7. The van der Waals surface area contributed by atoms with E-state index in [4.69, 9.17) is 4.42 Å².